The number of halogens is 1. The Morgan fingerprint density at radius 2 is 1.39 bits per heavy atom. The SMILES string of the molecule is OB(O)c1ccc2c(ccc3cc(Cl)ccc32)c1. The Kier molecular flexibility index (Phi) is 2.75. The molecule has 4 heteroatoms. The Labute approximate surface area is 110 Å². The molecule has 0 aliphatic heterocycles. The molecule has 3 rings (SSSR count). The molecule has 2 N–H and O–H groups in total. The fourth-order valence-corrected chi connectivity index (χ4v) is 2.40. The van der Waals surface area contributed by atoms with Crippen molar-refractivity contribution in [2.45, 2.75) is 0 Å². The summed E-state index contributed by atoms with van der Waals surface area (Å²) in [7, 11) is -1.43. The van der Waals surface area contributed by atoms with Gasteiger partial charge in [0.15, 0.2) is 0 Å². The quantitative estimate of drug-likeness (QED) is 0.518. The molecule has 0 fully saturated rings. The molecule has 0 aliphatic rings. The molecule has 0 heterocycles. The van der Waals surface area contributed by atoms with Crippen LogP contribution in [-0.4, -0.2) is 17.2 Å². The van der Waals surface area contributed by atoms with Crippen molar-refractivity contribution in [1.29, 1.82) is 0 Å². The first-order valence-electron chi connectivity index (χ1n) is 5.63. The van der Waals surface area contributed by atoms with Gasteiger partial charge in [0.25, 0.3) is 0 Å². The summed E-state index contributed by atoms with van der Waals surface area (Å²) in [6.45, 7) is 0. The normalized spacial score (nSPS) is 11.1. The highest BCUT2D eigenvalue weighted by molar-refractivity contribution is 6.59. The monoisotopic (exact) mass is 256 g/mol. The van der Waals surface area contributed by atoms with Gasteiger partial charge in [-0.2, -0.15) is 0 Å². The number of rotatable bonds is 1. The van der Waals surface area contributed by atoms with Gasteiger partial charge in [-0.05, 0) is 39.1 Å². The van der Waals surface area contributed by atoms with Crippen molar-refractivity contribution in [2.24, 2.45) is 0 Å². The van der Waals surface area contributed by atoms with Crippen LogP contribution >= 0.6 is 11.6 Å². The minimum absolute atomic E-state index is 0.496. The Hall–Kier alpha value is -1.55. The van der Waals surface area contributed by atoms with Crippen LogP contribution in [0.5, 0.6) is 0 Å². The van der Waals surface area contributed by atoms with E-state index in [1.165, 1.54) is 0 Å². The average Bonchev–Trinajstić information content (AvgIpc) is 2.37. The second-order valence-electron chi connectivity index (χ2n) is 4.29. The van der Waals surface area contributed by atoms with Crippen molar-refractivity contribution in [3.05, 3.63) is 53.6 Å². The van der Waals surface area contributed by atoms with E-state index in [0.717, 1.165) is 21.5 Å². The summed E-state index contributed by atoms with van der Waals surface area (Å²) in [5, 5.41) is 23.3. The third kappa shape index (κ3) is 1.87. The molecule has 0 saturated carbocycles. The minimum Gasteiger partial charge on any atom is -0.423 e. The van der Waals surface area contributed by atoms with Crippen LogP contribution in [0.15, 0.2) is 48.5 Å². The molecule has 0 aliphatic carbocycles. The van der Waals surface area contributed by atoms with Crippen LogP contribution in [0.3, 0.4) is 0 Å². The number of hydrogen-bond acceptors (Lipinski definition) is 2. The molecule has 0 radical (unpaired) electrons. The molecule has 0 saturated heterocycles. The van der Waals surface area contributed by atoms with Crippen molar-refractivity contribution in [1.82, 2.24) is 0 Å². The van der Waals surface area contributed by atoms with Crippen molar-refractivity contribution in [3.8, 4) is 0 Å². The minimum atomic E-state index is -1.43. The molecule has 2 nitrogen and oxygen atoms in total. The highest BCUT2D eigenvalue weighted by Crippen LogP contribution is 2.26. The zero-order chi connectivity index (χ0) is 12.7. The van der Waals surface area contributed by atoms with Gasteiger partial charge in [0.05, 0.1) is 0 Å². The molecule has 88 valence electrons. The van der Waals surface area contributed by atoms with Crippen LogP contribution in [0.2, 0.25) is 5.02 Å². The molecular weight excluding hydrogens is 246 g/mol. The number of hydrogen-bond donors (Lipinski definition) is 2. The lowest BCUT2D eigenvalue weighted by molar-refractivity contribution is 0.426. The maximum Gasteiger partial charge on any atom is 0.488 e. The third-order valence-electron chi connectivity index (χ3n) is 3.12. The Bertz CT molecular complexity index is 740. The van der Waals surface area contributed by atoms with Gasteiger partial charge in [-0.3, -0.25) is 0 Å². The Balaban J connectivity index is 2.35. The van der Waals surface area contributed by atoms with Crippen LogP contribution in [0.4, 0.5) is 0 Å². The molecule has 0 aromatic heterocycles. The van der Waals surface area contributed by atoms with Gasteiger partial charge in [0.1, 0.15) is 0 Å². The fourth-order valence-electron chi connectivity index (χ4n) is 2.22. The summed E-state index contributed by atoms with van der Waals surface area (Å²) in [4.78, 5) is 0. The van der Waals surface area contributed by atoms with Crippen LogP contribution in [0.1, 0.15) is 0 Å². The van der Waals surface area contributed by atoms with Crippen molar-refractivity contribution < 1.29 is 10.0 Å². The maximum atomic E-state index is 9.17. The van der Waals surface area contributed by atoms with Crippen LogP contribution in [0.25, 0.3) is 21.5 Å². The maximum absolute atomic E-state index is 9.17. The van der Waals surface area contributed by atoms with Crippen molar-refractivity contribution in [3.63, 3.8) is 0 Å². The third-order valence-corrected chi connectivity index (χ3v) is 3.36. The molecule has 0 unspecified atom stereocenters. The second-order valence-corrected chi connectivity index (χ2v) is 4.72. The lowest BCUT2D eigenvalue weighted by Crippen LogP contribution is -2.29. The van der Waals surface area contributed by atoms with Gasteiger partial charge in [-0.15, -0.1) is 0 Å². The largest absolute Gasteiger partial charge is 0.488 e. The Morgan fingerprint density at radius 3 is 2.06 bits per heavy atom. The van der Waals surface area contributed by atoms with E-state index in [4.69, 9.17) is 11.6 Å². The van der Waals surface area contributed by atoms with Crippen LogP contribution in [0, 0.1) is 0 Å². The lowest BCUT2D eigenvalue weighted by Gasteiger charge is -2.06. The second kappa shape index (κ2) is 4.28. The van der Waals surface area contributed by atoms with E-state index in [1.807, 2.05) is 36.4 Å². The molecule has 18 heavy (non-hydrogen) atoms. The molecule has 0 spiro atoms. The van der Waals surface area contributed by atoms with Gasteiger partial charge in [0, 0.05) is 5.02 Å². The highest BCUT2D eigenvalue weighted by Gasteiger charge is 2.11. The zero-order valence-corrected chi connectivity index (χ0v) is 10.2. The summed E-state index contributed by atoms with van der Waals surface area (Å²) >= 11 is 5.97. The first-order valence-corrected chi connectivity index (χ1v) is 6.01. The van der Waals surface area contributed by atoms with E-state index in [0.29, 0.717) is 10.5 Å². The van der Waals surface area contributed by atoms with E-state index < -0.39 is 7.12 Å². The summed E-state index contributed by atoms with van der Waals surface area (Å²) in [6.07, 6.45) is 0. The van der Waals surface area contributed by atoms with Crippen LogP contribution in [-0.2, 0) is 0 Å². The predicted molar refractivity (Wildman–Crippen MR) is 76.3 cm³/mol. The standard InChI is InChI=1S/C14H10BClO2/c16-12-4-6-14-10(8-12)2-1-9-7-11(15(17)18)3-5-13(9)14/h1-8,17-18H. The van der Waals surface area contributed by atoms with Gasteiger partial charge in [-0.25, -0.2) is 0 Å². The van der Waals surface area contributed by atoms with E-state index >= 15 is 0 Å². The summed E-state index contributed by atoms with van der Waals surface area (Å²) in [5.41, 5.74) is 0.496. The predicted octanol–water partition coefficient (Wildman–Crippen LogP) is 2.33. The van der Waals surface area contributed by atoms with E-state index in [-0.39, 0.29) is 0 Å². The highest BCUT2D eigenvalue weighted by atomic mass is 35.5. The summed E-state index contributed by atoms with van der Waals surface area (Å²) < 4.78 is 0. The van der Waals surface area contributed by atoms with E-state index in [1.54, 1.807) is 12.1 Å². The van der Waals surface area contributed by atoms with Crippen molar-refractivity contribution >= 4 is 45.7 Å². The van der Waals surface area contributed by atoms with Gasteiger partial charge in [0.2, 0.25) is 0 Å². The average molecular weight is 256 g/mol. The van der Waals surface area contributed by atoms with Crippen molar-refractivity contribution in [2.75, 3.05) is 0 Å². The molecule has 3 aromatic carbocycles. The summed E-state index contributed by atoms with van der Waals surface area (Å²) in [6, 6.07) is 15.1. The summed E-state index contributed by atoms with van der Waals surface area (Å²) in [5.74, 6) is 0. The molecule has 0 amide bonds. The molecule has 0 atom stereocenters. The molecule has 0 bridgehead atoms. The fraction of sp³-hybridized carbons (Fsp3) is 0. The number of benzene rings is 3. The first-order chi connectivity index (χ1) is 8.65. The smallest absolute Gasteiger partial charge is 0.423 e. The topological polar surface area (TPSA) is 40.5 Å². The van der Waals surface area contributed by atoms with E-state index in [2.05, 4.69) is 0 Å². The lowest BCUT2D eigenvalue weighted by atomic mass is 9.79. The zero-order valence-electron chi connectivity index (χ0n) is 9.47. The van der Waals surface area contributed by atoms with Gasteiger partial charge < -0.3 is 10.0 Å². The molecule has 3 aromatic rings. The number of fused-ring (bicyclic) bond motifs is 3. The molecular formula is C14H10BClO2. The van der Waals surface area contributed by atoms with Crippen LogP contribution < -0.4 is 5.46 Å². The van der Waals surface area contributed by atoms with Gasteiger partial charge >= 0.3 is 7.12 Å². The van der Waals surface area contributed by atoms with Gasteiger partial charge in [-0.1, -0.05) is 48.0 Å². The first kappa shape index (κ1) is 11.5. The Morgan fingerprint density at radius 1 is 0.778 bits per heavy atom. The van der Waals surface area contributed by atoms with E-state index in [9.17, 15) is 10.0 Å².